The van der Waals surface area contributed by atoms with Gasteiger partial charge < -0.3 is 5.32 Å². The minimum absolute atomic E-state index is 0.926. The zero-order valence-electron chi connectivity index (χ0n) is 6.06. The maximum Gasteiger partial charge on any atom is 0.0102 e. The Bertz CT molecular complexity index is 97.1. The van der Waals surface area contributed by atoms with Crippen LogP contribution in [0, 0.1) is 11.8 Å². The molecular weight excluding hydrogens is 110 g/mol. The molecular formula is C8H15N. The molecule has 3 aliphatic rings. The summed E-state index contributed by atoms with van der Waals surface area (Å²) in [4.78, 5) is 0. The summed E-state index contributed by atoms with van der Waals surface area (Å²) in [7, 11) is 0. The monoisotopic (exact) mass is 125 g/mol. The van der Waals surface area contributed by atoms with Gasteiger partial charge in [-0.25, -0.2) is 0 Å². The van der Waals surface area contributed by atoms with Gasteiger partial charge in [-0.2, -0.15) is 0 Å². The second-order valence-electron chi connectivity index (χ2n) is 3.46. The SMILES string of the molecule is CCCC1C2CNC1C2. The van der Waals surface area contributed by atoms with Gasteiger partial charge in [-0.3, -0.25) is 0 Å². The summed E-state index contributed by atoms with van der Waals surface area (Å²) in [6.07, 6.45) is 4.31. The fraction of sp³-hybridized carbons (Fsp3) is 1.00. The van der Waals surface area contributed by atoms with E-state index in [-0.39, 0.29) is 0 Å². The van der Waals surface area contributed by atoms with E-state index in [9.17, 15) is 0 Å². The summed E-state index contributed by atoms with van der Waals surface area (Å²) < 4.78 is 0. The third kappa shape index (κ3) is 0.710. The first-order chi connectivity index (χ1) is 4.42. The first-order valence-corrected chi connectivity index (χ1v) is 4.15. The molecule has 1 N–H and O–H groups in total. The fourth-order valence-electron chi connectivity index (χ4n) is 2.35. The van der Waals surface area contributed by atoms with Crippen molar-refractivity contribution < 1.29 is 0 Å². The van der Waals surface area contributed by atoms with Gasteiger partial charge in [-0.1, -0.05) is 13.3 Å². The van der Waals surface area contributed by atoms with Crippen molar-refractivity contribution in [1.29, 1.82) is 0 Å². The molecule has 1 heteroatoms. The largest absolute Gasteiger partial charge is 0.313 e. The summed E-state index contributed by atoms with van der Waals surface area (Å²) in [5.41, 5.74) is 0. The highest BCUT2D eigenvalue weighted by molar-refractivity contribution is 5.01. The molecule has 2 bridgehead atoms. The Morgan fingerprint density at radius 2 is 2.44 bits per heavy atom. The molecule has 9 heavy (non-hydrogen) atoms. The maximum absolute atomic E-state index is 3.53. The van der Waals surface area contributed by atoms with Crippen molar-refractivity contribution in [3.05, 3.63) is 0 Å². The second-order valence-corrected chi connectivity index (χ2v) is 3.46. The van der Waals surface area contributed by atoms with Crippen LogP contribution in [-0.4, -0.2) is 12.6 Å². The van der Waals surface area contributed by atoms with Crippen molar-refractivity contribution in [2.45, 2.75) is 32.2 Å². The highest BCUT2D eigenvalue weighted by Gasteiger charge is 2.45. The van der Waals surface area contributed by atoms with Crippen LogP contribution in [0.4, 0.5) is 0 Å². The number of hydrogen-bond donors (Lipinski definition) is 1. The van der Waals surface area contributed by atoms with Crippen molar-refractivity contribution in [1.82, 2.24) is 5.32 Å². The molecule has 0 amide bonds. The number of rotatable bonds is 2. The van der Waals surface area contributed by atoms with Gasteiger partial charge in [0.1, 0.15) is 0 Å². The first-order valence-electron chi connectivity index (χ1n) is 4.15. The van der Waals surface area contributed by atoms with E-state index in [0.717, 1.165) is 17.9 Å². The van der Waals surface area contributed by atoms with Crippen LogP contribution in [0.2, 0.25) is 0 Å². The van der Waals surface area contributed by atoms with Gasteiger partial charge in [0.05, 0.1) is 0 Å². The van der Waals surface area contributed by atoms with E-state index in [1.54, 1.807) is 0 Å². The van der Waals surface area contributed by atoms with Gasteiger partial charge in [0.15, 0.2) is 0 Å². The Morgan fingerprint density at radius 1 is 1.56 bits per heavy atom. The van der Waals surface area contributed by atoms with E-state index >= 15 is 0 Å². The molecule has 52 valence electrons. The quantitative estimate of drug-likeness (QED) is 0.588. The molecule has 0 radical (unpaired) electrons. The van der Waals surface area contributed by atoms with E-state index in [0.29, 0.717) is 0 Å². The molecule has 0 aromatic rings. The Labute approximate surface area is 56.8 Å². The van der Waals surface area contributed by atoms with E-state index in [1.807, 2.05) is 0 Å². The number of fused-ring (bicyclic) bond motifs is 1. The lowest BCUT2D eigenvalue weighted by atomic mass is 9.72. The van der Waals surface area contributed by atoms with Gasteiger partial charge in [0.2, 0.25) is 0 Å². The summed E-state index contributed by atoms with van der Waals surface area (Å²) in [6, 6.07) is 0.926. The lowest BCUT2D eigenvalue weighted by molar-refractivity contribution is 0.200. The molecule has 3 fully saturated rings. The fourth-order valence-corrected chi connectivity index (χ4v) is 2.35. The smallest absolute Gasteiger partial charge is 0.0102 e. The minimum Gasteiger partial charge on any atom is -0.313 e. The van der Waals surface area contributed by atoms with E-state index in [1.165, 1.54) is 25.8 Å². The highest BCUT2D eigenvalue weighted by atomic mass is 15.0. The zero-order chi connectivity index (χ0) is 6.27. The van der Waals surface area contributed by atoms with Gasteiger partial charge in [-0.15, -0.1) is 0 Å². The molecule has 3 rings (SSSR count). The van der Waals surface area contributed by atoms with Crippen LogP contribution < -0.4 is 5.32 Å². The molecule has 1 aliphatic carbocycles. The lowest BCUT2D eigenvalue weighted by Gasteiger charge is -2.34. The van der Waals surface area contributed by atoms with Crippen molar-refractivity contribution in [3.63, 3.8) is 0 Å². The van der Waals surface area contributed by atoms with Gasteiger partial charge in [0.25, 0.3) is 0 Å². The van der Waals surface area contributed by atoms with Crippen LogP contribution in [-0.2, 0) is 0 Å². The van der Waals surface area contributed by atoms with Crippen LogP contribution in [0.25, 0.3) is 0 Å². The topological polar surface area (TPSA) is 12.0 Å². The predicted molar refractivity (Wildman–Crippen MR) is 38.3 cm³/mol. The summed E-state index contributed by atoms with van der Waals surface area (Å²) in [6.45, 7) is 3.60. The van der Waals surface area contributed by atoms with Crippen LogP contribution >= 0.6 is 0 Å². The lowest BCUT2D eigenvalue weighted by Crippen LogP contribution is -2.36. The van der Waals surface area contributed by atoms with Gasteiger partial charge >= 0.3 is 0 Å². The molecule has 3 atom stereocenters. The van der Waals surface area contributed by atoms with Crippen LogP contribution in [0.5, 0.6) is 0 Å². The van der Waals surface area contributed by atoms with Crippen molar-refractivity contribution in [2.24, 2.45) is 11.8 Å². The summed E-state index contributed by atoms with van der Waals surface area (Å²) >= 11 is 0. The predicted octanol–water partition coefficient (Wildman–Crippen LogP) is 1.39. The molecule has 0 aromatic carbocycles. The normalized spacial score (nSPS) is 47.0. The van der Waals surface area contributed by atoms with Crippen LogP contribution in [0.3, 0.4) is 0 Å². The molecule has 1 nitrogen and oxygen atoms in total. The molecule has 0 spiro atoms. The van der Waals surface area contributed by atoms with E-state index in [2.05, 4.69) is 12.2 Å². The summed E-state index contributed by atoms with van der Waals surface area (Å²) in [5.74, 6) is 2.13. The van der Waals surface area contributed by atoms with Gasteiger partial charge in [-0.05, 0) is 31.2 Å². The van der Waals surface area contributed by atoms with Crippen molar-refractivity contribution >= 4 is 0 Å². The Hall–Kier alpha value is -0.0400. The Balaban J connectivity index is 1.88. The molecule has 0 aromatic heterocycles. The van der Waals surface area contributed by atoms with Crippen molar-refractivity contribution in [3.8, 4) is 0 Å². The molecule has 2 aliphatic heterocycles. The van der Waals surface area contributed by atoms with Gasteiger partial charge in [0, 0.05) is 6.04 Å². The first kappa shape index (κ1) is 5.72. The standard InChI is InChI=1S/C8H15N/c1-2-3-7-6-4-8(7)9-5-6/h6-9H,2-5H2,1H3. The highest BCUT2D eigenvalue weighted by Crippen LogP contribution is 2.42. The molecule has 3 unspecified atom stereocenters. The third-order valence-electron chi connectivity index (χ3n) is 2.94. The average Bonchev–Trinajstić information content (AvgIpc) is 2.39. The zero-order valence-corrected chi connectivity index (χ0v) is 6.06. The number of hydrogen-bond acceptors (Lipinski definition) is 1. The minimum atomic E-state index is 0.926. The van der Waals surface area contributed by atoms with Crippen LogP contribution in [0.1, 0.15) is 26.2 Å². The molecule has 1 saturated carbocycles. The Morgan fingerprint density at radius 3 is 2.89 bits per heavy atom. The van der Waals surface area contributed by atoms with Crippen LogP contribution in [0.15, 0.2) is 0 Å². The second kappa shape index (κ2) is 1.98. The number of nitrogens with one attached hydrogen (secondary N) is 1. The van der Waals surface area contributed by atoms with E-state index < -0.39 is 0 Å². The molecule has 2 heterocycles. The molecule has 2 saturated heterocycles. The Kier molecular flexibility index (Phi) is 1.26. The van der Waals surface area contributed by atoms with Crippen molar-refractivity contribution in [2.75, 3.05) is 6.54 Å². The maximum atomic E-state index is 3.53. The third-order valence-corrected chi connectivity index (χ3v) is 2.94. The average molecular weight is 125 g/mol. The summed E-state index contributed by atoms with van der Waals surface area (Å²) in [5, 5.41) is 3.53. The van der Waals surface area contributed by atoms with E-state index in [4.69, 9.17) is 0 Å².